The van der Waals surface area contributed by atoms with E-state index in [4.69, 9.17) is 4.74 Å². The van der Waals surface area contributed by atoms with Crippen LogP contribution in [0.1, 0.15) is 51.7 Å². The van der Waals surface area contributed by atoms with Crippen LogP contribution in [0.4, 0.5) is 5.69 Å². The number of hydrogen-bond donors (Lipinski definition) is 1. The van der Waals surface area contributed by atoms with Gasteiger partial charge in [0.05, 0.1) is 10.4 Å². The predicted molar refractivity (Wildman–Crippen MR) is 150 cm³/mol. The number of para-hydroxylation sites is 1. The Bertz CT molecular complexity index is 1400. The lowest BCUT2D eigenvalue weighted by Crippen LogP contribution is -2.12. The normalized spacial score (nSPS) is 11.4. The molecule has 4 aromatic rings. The van der Waals surface area contributed by atoms with Crippen molar-refractivity contribution in [1.29, 1.82) is 0 Å². The lowest BCUT2D eigenvalue weighted by atomic mass is 10.0. The molecule has 0 fully saturated rings. The van der Waals surface area contributed by atoms with Crippen molar-refractivity contribution in [3.05, 3.63) is 65.7 Å². The van der Waals surface area contributed by atoms with Crippen LogP contribution in [0.25, 0.3) is 21.8 Å². The molecule has 1 N–H and O–H groups in total. The van der Waals surface area contributed by atoms with Gasteiger partial charge in [0.15, 0.2) is 0 Å². The summed E-state index contributed by atoms with van der Waals surface area (Å²) in [7, 11) is 0. The Balaban J connectivity index is 1.92. The van der Waals surface area contributed by atoms with Crippen molar-refractivity contribution in [3.63, 3.8) is 0 Å². The van der Waals surface area contributed by atoms with Crippen LogP contribution in [0.5, 0.6) is 5.75 Å². The van der Waals surface area contributed by atoms with Crippen LogP contribution in [0.2, 0.25) is 0 Å². The summed E-state index contributed by atoms with van der Waals surface area (Å²) in [5.41, 5.74) is 5.36. The molecule has 0 unspecified atom stereocenters. The topological polar surface area (TPSA) is 60.3 Å². The van der Waals surface area contributed by atoms with Crippen LogP contribution >= 0.6 is 11.8 Å². The minimum atomic E-state index is -0.196. The average Bonchev–Trinajstić information content (AvgIpc) is 3.14. The van der Waals surface area contributed by atoms with E-state index in [0.29, 0.717) is 18.7 Å². The van der Waals surface area contributed by atoms with Crippen molar-refractivity contribution in [2.75, 3.05) is 11.6 Å². The second kappa shape index (κ2) is 11.2. The van der Waals surface area contributed by atoms with E-state index in [9.17, 15) is 9.59 Å². The molecule has 0 saturated carbocycles. The summed E-state index contributed by atoms with van der Waals surface area (Å²) in [6, 6.07) is 18.5. The first-order valence-electron chi connectivity index (χ1n) is 12.5. The molecule has 0 saturated heterocycles. The van der Waals surface area contributed by atoms with Crippen LogP contribution in [-0.4, -0.2) is 22.7 Å². The van der Waals surface area contributed by atoms with Crippen molar-refractivity contribution in [2.24, 2.45) is 5.92 Å². The van der Waals surface area contributed by atoms with E-state index in [1.54, 1.807) is 11.8 Å². The van der Waals surface area contributed by atoms with E-state index < -0.39 is 0 Å². The predicted octanol–water partition coefficient (Wildman–Crippen LogP) is 7.43. The van der Waals surface area contributed by atoms with E-state index in [1.165, 1.54) is 23.3 Å². The van der Waals surface area contributed by atoms with Crippen molar-refractivity contribution >= 4 is 51.1 Å². The Morgan fingerprint density at radius 2 is 1.81 bits per heavy atom. The van der Waals surface area contributed by atoms with Crippen LogP contribution < -0.4 is 10.1 Å². The molecule has 0 spiro atoms. The zero-order valence-electron chi connectivity index (χ0n) is 21.7. The number of nitrogens with one attached hydrogen (secondary N) is 1. The van der Waals surface area contributed by atoms with Gasteiger partial charge in [-0.05, 0) is 54.0 Å². The van der Waals surface area contributed by atoms with Gasteiger partial charge >= 0.3 is 5.97 Å². The number of benzene rings is 3. The van der Waals surface area contributed by atoms with Gasteiger partial charge in [-0.25, -0.2) is 0 Å². The Kier molecular flexibility index (Phi) is 8.04. The highest BCUT2D eigenvalue weighted by atomic mass is 32.2. The van der Waals surface area contributed by atoms with E-state index >= 15 is 0 Å². The first-order chi connectivity index (χ1) is 17.3. The van der Waals surface area contributed by atoms with Crippen molar-refractivity contribution in [1.82, 2.24) is 4.57 Å². The summed E-state index contributed by atoms with van der Waals surface area (Å²) < 4.78 is 8.32. The minimum Gasteiger partial charge on any atom is -0.425 e. The zero-order chi connectivity index (χ0) is 25.8. The van der Waals surface area contributed by atoms with Crippen LogP contribution in [0.3, 0.4) is 0 Å². The average molecular weight is 503 g/mol. The Morgan fingerprint density at radius 1 is 1.08 bits per heavy atom. The second-order valence-electron chi connectivity index (χ2n) is 9.59. The largest absolute Gasteiger partial charge is 0.425 e. The maximum Gasteiger partial charge on any atom is 0.311 e. The van der Waals surface area contributed by atoms with Gasteiger partial charge in [0.25, 0.3) is 0 Å². The molecule has 1 aromatic heterocycles. The van der Waals surface area contributed by atoms with Crippen LogP contribution in [0, 0.1) is 5.92 Å². The van der Waals surface area contributed by atoms with Crippen molar-refractivity contribution in [2.45, 2.75) is 58.4 Å². The minimum absolute atomic E-state index is 0.0854. The third-order valence-corrected chi connectivity index (χ3v) is 6.98. The molecule has 36 heavy (non-hydrogen) atoms. The fraction of sp³-hybridized carbons (Fsp3) is 0.333. The smallest absolute Gasteiger partial charge is 0.311 e. The number of carbonyl (C=O) groups excluding carboxylic acids is 2. The molecule has 0 atom stereocenters. The van der Waals surface area contributed by atoms with E-state index in [2.05, 4.69) is 47.1 Å². The summed E-state index contributed by atoms with van der Waals surface area (Å²) in [6.45, 7) is 8.39. The zero-order valence-corrected chi connectivity index (χ0v) is 22.5. The number of amides is 1. The summed E-state index contributed by atoms with van der Waals surface area (Å²) in [5.74, 6) is 0.603. The number of fused-ring (bicyclic) bond motifs is 3. The SMILES string of the molecule is CCCc1cc(OC(=O)CC(C)C)c(SC)c2c1c1ccccc1n2Cc1ccc(NC(C)=O)cc1. The van der Waals surface area contributed by atoms with Gasteiger partial charge in [-0.3, -0.25) is 9.59 Å². The standard InChI is InChI=1S/C30H34N2O3S/c1-6-9-22-17-26(35-27(34)16-19(2)3)30(36-5)29-28(22)24-10-7-8-11-25(24)32(29)18-21-12-14-23(15-13-21)31-20(4)33/h7-8,10-15,17,19H,6,9,16,18H2,1-5H3,(H,31,33). The molecular formula is C30H34N2O3S. The maximum absolute atomic E-state index is 12.7. The van der Waals surface area contributed by atoms with E-state index in [-0.39, 0.29) is 17.8 Å². The molecule has 3 aromatic carbocycles. The number of ether oxygens (including phenoxy) is 1. The van der Waals surface area contributed by atoms with Crippen LogP contribution in [0.15, 0.2) is 59.5 Å². The number of aromatic nitrogens is 1. The second-order valence-corrected chi connectivity index (χ2v) is 10.4. The van der Waals surface area contributed by atoms with Gasteiger partial charge in [0, 0.05) is 41.9 Å². The highest BCUT2D eigenvalue weighted by Crippen LogP contribution is 2.43. The van der Waals surface area contributed by atoms with Crippen molar-refractivity contribution in [3.8, 4) is 5.75 Å². The molecule has 188 valence electrons. The molecule has 6 heteroatoms. The first-order valence-corrected chi connectivity index (χ1v) is 13.7. The molecule has 0 bridgehead atoms. The molecule has 0 aliphatic heterocycles. The maximum atomic E-state index is 12.7. The Labute approximate surface area is 217 Å². The van der Waals surface area contributed by atoms with E-state index in [0.717, 1.165) is 40.0 Å². The lowest BCUT2D eigenvalue weighted by molar-refractivity contribution is -0.135. The lowest BCUT2D eigenvalue weighted by Gasteiger charge is -2.16. The molecular weight excluding hydrogens is 468 g/mol. The number of hydrogen-bond acceptors (Lipinski definition) is 4. The number of aryl methyl sites for hydroxylation is 1. The molecule has 1 heterocycles. The highest BCUT2D eigenvalue weighted by molar-refractivity contribution is 7.99. The third-order valence-electron chi connectivity index (χ3n) is 6.17. The first kappa shape index (κ1) is 25.8. The van der Waals surface area contributed by atoms with Crippen LogP contribution in [-0.2, 0) is 22.6 Å². The van der Waals surface area contributed by atoms with E-state index in [1.807, 2.05) is 44.4 Å². The number of rotatable bonds is 9. The van der Waals surface area contributed by atoms with Gasteiger partial charge in [-0.2, -0.15) is 0 Å². The molecule has 5 nitrogen and oxygen atoms in total. The Hall–Kier alpha value is -3.25. The molecule has 1 amide bonds. The quantitative estimate of drug-likeness (QED) is 0.147. The van der Waals surface area contributed by atoms with Gasteiger partial charge < -0.3 is 14.6 Å². The van der Waals surface area contributed by atoms with Gasteiger partial charge in [-0.1, -0.05) is 57.5 Å². The number of nitrogens with zero attached hydrogens (tertiary/aromatic N) is 1. The van der Waals surface area contributed by atoms with Gasteiger partial charge in [0.1, 0.15) is 5.75 Å². The summed E-state index contributed by atoms with van der Waals surface area (Å²) >= 11 is 1.62. The fourth-order valence-corrected chi connectivity index (χ4v) is 5.47. The molecule has 0 aliphatic rings. The Morgan fingerprint density at radius 3 is 2.44 bits per heavy atom. The van der Waals surface area contributed by atoms with Crippen molar-refractivity contribution < 1.29 is 14.3 Å². The third kappa shape index (κ3) is 5.44. The van der Waals surface area contributed by atoms with Gasteiger partial charge in [-0.15, -0.1) is 11.8 Å². The summed E-state index contributed by atoms with van der Waals surface area (Å²) in [5, 5.41) is 5.27. The van der Waals surface area contributed by atoms with Gasteiger partial charge in [0.2, 0.25) is 5.91 Å². The number of thioether (sulfide) groups is 1. The molecule has 0 radical (unpaired) electrons. The monoisotopic (exact) mass is 502 g/mol. The number of anilines is 1. The highest BCUT2D eigenvalue weighted by Gasteiger charge is 2.22. The molecule has 0 aliphatic carbocycles. The summed E-state index contributed by atoms with van der Waals surface area (Å²) in [4.78, 5) is 25.1. The number of carbonyl (C=O) groups is 2. The summed E-state index contributed by atoms with van der Waals surface area (Å²) in [6.07, 6.45) is 4.33. The molecule has 4 rings (SSSR count). The number of esters is 1. The fourth-order valence-electron chi connectivity index (χ4n) is 4.76.